The van der Waals surface area contributed by atoms with E-state index in [4.69, 9.17) is 11.6 Å². The summed E-state index contributed by atoms with van der Waals surface area (Å²) in [5, 5.41) is 2.05. The molecule has 0 unspecified atom stereocenters. The van der Waals surface area contributed by atoms with E-state index in [0.717, 1.165) is 22.1 Å². The van der Waals surface area contributed by atoms with Gasteiger partial charge in [-0.05, 0) is 19.1 Å². The molecule has 2 heterocycles. The summed E-state index contributed by atoms with van der Waals surface area (Å²) in [5.41, 5.74) is 2.26. The Labute approximate surface area is 109 Å². The van der Waals surface area contributed by atoms with E-state index in [9.17, 15) is 4.79 Å². The van der Waals surface area contributed by atoms with Gasteiger partial charge in [0.15, 0.2) is 0 Å². The highest BCUT2D eigenvalue weighted by Crippen LogP contribution is 2.24. The lowest BCUT2D eigenvalue weighted by Gasteiger charge is -2.09. The molecule has 0 aliphatic heterocycles. The van der Waals surface area contributed by atoms with Crippen LogP contribution in [0.15, 0.2) is 35.1 Å². The van der Waals surface area contributed by atoms with Crippen LogP contribution in [0.1, 0.15) is 5.69 Å². The van der Waals surface area contributed by atoms with Crippen LogP contribution in [0.3, 0.4) is 0 Å². The highest BCUT2D eigenvalue weighted by molar-refractivity contribution is 6.32. The Morgan fingerprint density at radius 2 is 1.94 bits per heavy atom. The summed E-state index contributed by atoms with van der Waals surface area (Å²) in [6, 6.07) is 9.45. The van der Waals surface area contributed by atoms with Crippen LogP contribution >= 0.6 is 11.6 Å². The molecule has 0 amide bonds. The molecule has 3 aromatic rings. The van der Waals surface area contributed by atoms with Crippen LogP contribution in [0.5, 0.6) is 0 Å². The third-order valence-corrected chi connectivity index (χ3v) is 3.59. The van der Waals surface area contributed by atoms with Crippen molar-refractivity contribution in [2.45, 2.75) is 6.92 Å². The van der Waals surface area contributed by atoms with Crippen molar-refractivity contribution in [2.75, 3.05) is 0 Å². The molecule has 0 N–H and O–H groups in total. The fourth-order valence-electron chi connectivity index (χ4n) is 2.21. The molecule has 90 valence electrons. The zero-order valence-corrected chi connectivity index (χ0v) is 10.8. The second kappa shape index (κ2) is 3.82. The second-order valence-corrected chi connectivity index (χ2v) is 4.74. The average Bonchev–Trinajstić information content (AvgIpc) is 2.38. The van der Waals surface area contributed by atoms with Gasteiger partial charge in [0.05, 0.1) is 27.1 Å². The topological polar surface area (TPSA) is 34.9 Å². The monoisotopic (exact) mass is 258 g/mol. The zero-order chi connectivity index (χ0) is 12.9. The first kappa shape index (κ1) is 11.2. The first-order chi connectivity index (χ1) is 8.59. The van der Waals surface area contributed by atoms with Crippen LogP contribution in [0, 0.1) is 6.92 Å². The van der Waals surface area contributed by atoms with E-state index in [2.05, 4.69) is 4.98 Å². The number of halogens is 1. The number of aromatic nitrogens is 2. The second-order valence-electron chi connectivity index (χ2n) is 4.33. The first-order valence-corrected chi connectivity index (χ1v) is 6.02. The van der Waals surface area contributed by atoms with Gasteiger partial charge in [0.25, 0.3) is 5.56 Å². The quantitative estimate of drug-likeness (QED) is 0.581. The highest BCUT2D eigenvalue weighted by Gasteiger charge is 2.11. The Balaban J connectivity index is 2.70. The molecule has 0 atom stereocenters. The lowest BCUT2D eigenvalue weighted by atomic mass is 10.1. The van der Waals surface area contributed by atoms with E-state index < -0.39 is 0 Å². The van der Waals surface area contributed by atoms with Gasteiger partial charge in [-0.3, -0.25) is 9.78 Å². The van der Waals surface area contributed by atoms with Gasteiger partial charge in [0.2, 0.25) is 0 Å². The van der Waals surface area contributed by atoms with Crippen molar-refractivity contribution in [1.82, 2.24) is 9.55 Å². The molecule has 0 aliphatic carbocycles. The third kappa shape index (κ3) is 1.44. The third-order valence-electron chi connectivity index (χ3n) is 3.21. The van der Waals surface area contributed by atoms with E-state index in [-0.39, 0.29) is 5.56 Å². The fourth-order valence-corrected chi connectivity index (χ4v) is 2.36. The summed E-state index contributed by atoms with van der Waals surface area (Å²) in [6.07, 6.45) is 0. The van der Waals surface area contributed by atoms with Gasteiger partial charge in [-0.2, -0.15) is 0 Å². The maximum absolute atomic E-state index is 12.3. The van der Waals surface area contributed by atoms with Crippen molar-refractivity contribution in [2.24, 2.45) is 7.05 Å². The van der Waals surface area contributed by atoms with Crippen LogP contribution in [0.2, 0.25) is 5.02 Å². The lowest BCUT2D eigenvalue weighted by Crippen LogP contribution is -2.17. The van der Waals surface area contributed by atoms with Crippen molar-refractivity contribution >= 4 is 33.4 Å². The molecule has 2 aromatic heterocycles. The van der Waals surface area contributed by atoms with E-state index in [1.165, 1.54) is 0 Å². The number of benzene rings is 1. The van der Waals surface area contributed by atoms with Crippen LogP contribution in [-0.4, -0.2) is 9.55 Å². The number of rotatable bonds is 0. The lowest BCUT2D eigenvalue weighted by molar-refractivity contribution is 0.917. The minimum absolute atomic E-state index is 0.0712. The number of pyridine rings is 2. The van der Waals surface area contributed by atoms with Gasteiger partial charge in [-0.1, -0.05) is 29.8 Å². The largest absolute Gasteiger partial charge is 0.311 e. The van der Waals surface area contributed by atoms with Crippen molar-refractivity contribution in [3.8, 4) is 0 Å². The van der Waals surface area contributed by atoms with Gasteiger partial charge < -0.3 is 4.57 Å². The molecule has 4 heteroatoms. The predicted molar refractivity (Wildman–Crippen MR) is 74.2 cm³/mol. The predicted octanol–water partition coefficient (Wildman–Crippen LogP) is 3.05. The smallest absolute Gasteiger partial charge is 0.260 e. The molecule has 0 spiro atoms. The highest BCUT2D eigenvalue weighted by atomic mass is 35.5. The van der Waals surface area contributed by atoms with Crippen LogP contribution in [0.25, 0.3) is 21.8 Å². The van der Waals surface area contributed by atoms with Gasteiger partial charge in [0.1, 0.15) is 0 Å². The summed E-state index contributed by atoms with van der Waals surface area (Å²) < 4.78 is 1.63. The Hall–Kier alpha value is -1.87. The molecule has 18 heavy (non-hydrogen) atoms. The fraction of sp³-hybridized carbons (Fsp3) is 0.143. The number of nitrogens with zero attached hydrogens (tertiary/aromatic N) is 2. The van der Waals surface area contributed by atoms with Crippen molar-refractivity contribution < 1.29 is 0 Å². The normalized spacial score (nSPS) is 11.3. The number of hydrogen-bond donors (Lipinski definition) is 0. The molecule has 0 saturated carbocycles. The Morgan fingerprint density at radius 3 is 2.72 bits per heavy atom. The number of hydrogen-bond acceptors (Lipinski definition) is 2. The summed E-state index contributed by atoms with van der Waals surface area (Å²) >= 11 is 6.05. The molecular weight excluding hydrogens is 248 g/mol. The number of para-hydroxylation sites is 1. The Kier molecular flexibility index (Phi) is 2.38. The van der Waals surface area contributed by atoms with Gasteiger partial charge in [0, 0.05) is 12.4 Å². The molecule has 0 fully saturated rings. The molecule has 3 rings (SSSR count). The van der Waals surface area contributed by atoms with Gasteiger partial charge in [-0.15, -0.1) is 0 Å². The summed E-state index contributed by atoms with van der Waals surface area (Å²) in [4.78, 5) is 16.7. The van der Waals surface area contributed by atoms with E-state index in [0.29, 0.717) is 10.4 Å². The molecular formula is C14H11ClN2O. The van der Waals surface area contributed by atoms with Crippen LogP contribution in [0.4, 0.5) is 0 Å². The molecule has 1 aromatic carbocycles. The minimum Gasteiger partial charge on any atom is -0.311 e. The van der Waals surface area contributed by atoms with Crippen LogP contribution in [-0.2, 0) is 7.05 Å². The minimum atomic E-state index is -0.0712. The van der Waals surface area contributed by atoms with Gasteiger partial charge >= 0.3 is 0 Å². The maximum Gasteiger partial charge on any atom is 0.260 e. The zero-order valence-electron chi connectivity index (χ0n) is 10.1. The number of fused-ring (bicyclic) bond motifs is 3. The number of aryl methyl sites for hydroxylation is 2. The van der Waals surface area contributed by atoms with Crippen molar-refractivity contribution in [3.05, 3.63) is 51.4 Å². The Bertz CT molecular complexity index is 836. The summed E-state index contributed by atoms with van der Waals surface area (Å²) in [7, 11) is 1.76. The molecule has 3 nitrogen and oxygen atoms in total. The maximum atomic E-state index is 12.3. The molecule has 0 aliphatic rings. The van der Waals surface area contributed by atoms with Crippen molar-refractivity contribution in [3.63, 3.8) is 0 Å². The Morgan fingerprint density at radius 1 is 1.22 bits per heavy atom. The SMILES string of the molecule is Cc1nc2c(cc1Cl)c(=O)n(C)c1ccccc21. The van der Waals surface area contributed by atoms with E-state index in [1.54, 1.807) is 17.7 Å². The van der Waals surface area contributed by atoms with Crippen LogP contribution < -0.4 is 5.56 Å². The average molecular weight is 259 g/mol. The first-order valence-electron chi connectivity index (χ1n) is 5.64. The van der Waals surface area contributed by atoms with Gasteiger partial charge in [-0.25, -0.2) is 0 Å². The summed E-state index contributed by atoms with van der Waals surface area (Å²) in [5.74, 6) is 0. The van der Waals surface area contributed by atoms with Crippen molar-refractivity contribution in [1.29, 1.82) is 0 Å². The summed E-state index contributed by atoms with van der Waals surface area (Å²) in [6.45, 7) is 1.84. The van der Waals surface area contributed by atoms with E-state index >= 15 is 0 Å². The molecule has 0 bridgehead atoms. The van der Waals surface area contributed by atoms with E-state index in [1.807, 2.05) is 31.2 Å². The standard InChI is InChI=1S/C14H11ClN2O/c1-8-11(15)7-10-13(16-8)9-5-3-4-6-12(9)17(2)14(10)18/h3-7H,1-2H3. The molecule has 0 saturated heterocycles. The molecule has 0 radical (unpaired) electrons.